The number of carbonyl (C=O) groups excluding carboxylic acids is 1. The zero-order valence-corrected chi connectivity index (χ0v) is 14.4. The summed E-state index contributed by atoms with van der Waals surface area (Å²) < 4.78 is 8.27. The molecule has 0 aliphatic heterocycles. The molecule has 5 nitrogen and oxygen atoms in total. The molecule has 8 heteroatoms. The van der Waals surface area contributed by atoms with Gasteiger partial charge in [0.1, 0.15) is 5.69 Å². The van der Waals surface area contributed by atoms with Gasteiger partial charge in [-0.3, -0.25) is 4.79 Å². The number of aromatic nitrogens is 2. The topological polar surface area (TPSA) is 75.1 Å². The zero-order chi connectivity index (χ0) is 17.1. The van der Waals surface area contributed by atoms with E-state index in [2.05, 4.69) is 14.1 Å². The fourth-order valence-corrected chi connectivity index (χ4v) is 2.83. The lowest BCUT2D eigenvalue weighted by Gasteiger charge is -2.11. The van der Waals surface area contributed by atoms with E-state index in [4.69, 9.17) is 23.2 Å². The van der Waals surface area contributed by atoms with Gasteiger partial charge in [0.15, 0.2) is 11.9 Å². The van der Waals surface area contributed by atoms with Gasteiger partial charge in [0, 0.05) is 15.6 Å². The predicted octanol–water partition coefficient (Wildman–Crippen LogP) is 4.18. The molecule has 0 aliphatic rings. The maximum absolute atomic E-state index is 12.3. The number of benzene rings is 2. The van der Waals surface area contributed by atoms with Crippen LogP contribution in [-0.2, 0) is 4.79 Å². The maximum Gasteiger partial charge on any atom is 0.259 e. The Balaban J connectivity index is 1.79. The number of aliphatic hydroxyl groups is 1. The Labute approximate surface area is 152 Å². The van der Waals surface area contributed by atoms with E-state index in [0.717, 1.165) is 17.3 Å². The van der Waals surface area contributed by atoms with Crippen LogP contribution in [0.3, 0.4) is 0 Å². The van der Waals surface area contributed by atoms with Crippen molar-refractivity contribution >= 4 is 46.7 Å². The highest BCUT2D eigenvalue weighted by Crippen LogP contribution is 2.28. The van der Waals surface area contributed by atoms with Gasteiger partial charge in [-0.15, -0.1) is 0 Å². The molecule has 1 aromatic heterocycles. The summed E-state index contributed by atoms with van der Waals surface area (Å²) in [5.74, 6) is -0.305. The predicted molar refractivity (Wildman–Crippen MR) is 95.4 cm³/mol. The number of nitrogens with one attached hydrogen (secondary N) is 1. The minimum Gasteiger partial charge on any atom is -0.378 e. The highest BCUT2D eigenvalue weighted by molar-refractivity contribution is 6.99. The molecule has 0 radical (unpaired) electrons. The highest BCUT2D eigenvalue weighted by Gasteiger charge is 2.20. The molecule has 3 rings (SSSR count). The lowest BCUT2D eigenvalue weighted by atomic mass is 10.1. The van der Waals surface area contributed by atoms with Crippen LogP contribution in [-0.4, -0.2) is 19.8 Å². The minimum absolute atomic E-state index is 0.292. The third-order valence-corrected chi connectivity index (χ3v) is 4.31. The quantitative estimate of drug-likeness (QED) is 0.712. The van der Waals surface area contributed by atoms with Crippen LogP contribution >= 0.6 is 34.9 Å². The molecular formula is C16H11Cl2N3O2S. The fourth-order valence-electron chi connectivity index (χ4n) is 2.05. The van der Waals surface area contributed by atoms with Crippen molar-refractivity contribution in [3.05, 3.63) is 64.1 Å². The Morgan fingerprint density at radius 2 is 1.58 bits per heavy atom. The lowest BCUT2D eigenvalue weighted by molar-refractivity contribution is -0.124. The molecule has 122 valence electrons. The first-order chi connectivity index (χ1) is 11.5. The molecule has 0 bridgehead atoms. The first-order valence-corrected chi connectivity index (χ1v) is 8.36. The molecule has 2 aromatic carbocycles. The number of amides is 1. The third-order valence-electron chi connectivity index (χ3n) is 3.28. The van der Waals surface area contributed by atoms with Crippen molar-refractivity contribution < 1.29 is 9.90 Å². The van der Waals surface area contributed by atoms with E-state index in [1.165, 1.54) is 0 Å². The molecule has 1 atom stereocenters. The maximum atomic E-state index is 12.3. The molecular weight excluding hydrogens is 369 g/mol. The first-order valence-electron chi connectivity index (χ1n) is 6.87. The molecule has 0 saturated carbocycles. The molecule has 0 spiro atoms. The average molecular weight is 380 g/mol. The van der Waals surface area contributed by atoms with E-state index < -0.39 is 12.0 Å². The second kappa shape index (κ2) is 7.27. The molecule has 0 saturated heterocycles. The van der Waals surface area contributed by atoms with Gasteiger partial charge in [-0.25, -0.2) is 0 Å². The molecule has 0 fully saturated rings. The van der Waals surface area contributed by atoms with Crippen LogP contribution in [0.25, 0.3) is 11.3 Å². The van der Waals surface area contributed by atoms with Crippen molar-refractivity contribution in [1.29, 1.82) is 0 Å². The Morgan fingerprint density at radius 3 is 2.21 bits per heavy atom. The van der Waals surface area contributed by atoms with E-state index in [1.54, 1.807) is 48.5 Å². The SMILES string of the molecule is O=C(Nc1nsnc1-c1ccc(Cl)cc1)C(O)c1ccc(Cl)cc1. The van der Waals surface area contributed by atoms with Crippen LogP contribution in [0, 0.1) is 0 Å². The van der Waals surface area contributed by atoms with Gasteiger partial charge in [-0.2, -0.15) is 8.75 Å². The zero-order valence-electron chi connectivity index (χ0n) is 12.1. The molecule has 1 amide bonds. The van der Waals surface area contributed by atoms with Crippen LogP contribution in [0.5, 0.6) is 0 Å². The fraction of sp³-hybridized carbons (Fsp3) is 0.0625. The number of hydrogen-bond donors (Lipinski definition) is 2. The second-order valence-corrected chi connectivity index (χ2v) is 6.31. The largest absolute Gasteiger partial charge is 0.378 e. The first kappa shape index (κ1) is 16.9. The van der Waals surface area contributed by atoms with Gasteiger partial charge >= 0.3 is 0 Å². The number of halogens is 2. The molecule has 24 heavy (non-hydrogen) atoms. The van der Waals surface area contributed by atoms with Crippen molar-refractivity contribution in [2.45, 2.75) is 6.10 Å². The summed E-state index contributed by atoms with van der Waals surface area (Å²) in [5.41, 5.74) is 1.73. The monoisotopic (exact) mass is 379 g/mol. The van der Waals surface area contributed by atoms with Gasteiger partial charge in [0.05, 0.1) is 11.7 Å². The Kier molecular flexibility index (Phi) is 5.11. The number of aliphatic hydroxyl groups excluding tert-OH is 1. The van der Waals surface area contributed by atoms with Crippen molar-refractivity contribution in [2.24, 2.45) is 0 Å². The summed E-state index contributed by atoms with van der Waals surface area (Å²) in [6, 6.07) is 13.4. The van der Waals surface area contributed by atoms with Crippen molar-refractivity contribution in [2.75, 3.05) is 5.32 Å². The lowest BCUT2D eigenvalue weighted by Crippen LogP contribution is -2.21. The van der Waals surface area contributed by atoms with Gasteiger partial charge in [-0.1, -0.05) is 47.5 Å². The van der Waals surface area contributed by atoms with Crippen molar-refractivity contribution in [1.82, 2.24) is 8.75 Å². The molecule has 1 heterocycles. The van der Waals surface area contributed by atoms with E-state index in [9.17, 15) is 9.90 Å². The molecule has 3 aromatic rings. The van der Waals surface area contributed by atoms with Crippen LogP contribution < -0.4 is 5.32 Å². The molecule has 0 aliphatic carbocycles. The Bertz CT molecular complexity index is 851. The summed E-state index contributed by atoms with van der Waals surface area (Å²) in [6.45, 7) is 0. The normalized spacial score (nSPS) is 12.0. The highest BCUT2D eigenvalue weighted by atomic mass is 35.5. The van der Waals surface area contributed by atoms with Gasteiger partial charge in [-0.05, 0) is 29.8 Å². The van der Waals surface area contributed by atoms with Gasteiger partial charge in [0.2, 0.25) is 0 Å². The summed E-state index contributed by atoms with van der Waals surface area (Å²) in [5, 5.41) is 13.9. The van der Waals surface area contributed by atoms with Gasteiger partial charge < -0.3 is 10.4 Å². The Morgan fingerprint density at radius 1 is 1.00 bits per heavy atom. The van der Waals surface area contributed by atoms with Crippen molar-refractivity contribution in [3.63, 3.8) is 0 Å². The number of hydrogen-bond acceptors (Lipinski definition) is 5. The number of carbonyl (C=O) groups is 1. The second-order valence-electron chi connectivity index (χ2n) is 4.91. The summed E-state index contributed by atoms with van der Waals surface area (Å²) in [7, 11) is 0. The van der Waals surface area contributed by atoms with Crippen LogP contribution in [0.1, 0.15) is 11.7 Å². The van der Waals surface area contributed by atoms with E-state index in [0.29, 0.717) is 27.1 Å². The summed E-state index contributed by atoms with van der Waals surface area (Å²) >= 11 is 12.6. The Hall–Kier alpha value is -1.99. The number of nitrogens with zero attached hydrogens (tertiary/aromatic N) is 2. The van der Waals surface area contributed by atoms with Crippen LogP contribution in [0.4, 0.5) is 5.82 Å². The van der Waals surface area contributed by atoms with Gasteiger partial charge in [0.25, 0.3) is 5.91 Å². The molecule has 1 unspecified atom stereocenters. The smallest absolute Gasteiger partial charge is 0.259 e. The van der Waals surface area contributed by atoms with Crippen molar-refractivity contribution in [3.8, 4) is 11.3 Å². The molecule has 2 N–H and O–H groups in total. The number of rotatable bonds is 4. The summed E-state index contributed by atoms with van der Waals surface area (Å²) in [4.78, 5) is 12.3. The number of anilines is 1. The standard InChI is InChI=1S/C16H11Cl2N3O2S/c17-11-5-1-9(2-6-11)13-15(21-24-20-13)19-16(23)14(22)10-3-7-12(18)8-4-10/h1-8,14,22H,(H,19,21,23). The van der Waals surface area contributed by atoms with E-state index in [-0.39, 0.29) is 0 Å². The van der Waals surface area contributed by atoms with Crippen LogP contribution in [0.2, 0.25) is 10.0 Å². The third kappa shape index (κ3) is 3.73. The van der Waals surface area contributed by atoms with Crippen LogP contribution in [0.15, 0.2) is 48.5 Å². The summed E-state index contributed by atoms with van der Waals surface area (Å²) in [6.07, 6.45) is -1.33. The van der Waals surface area contributed by atoms with E-state index >= 15 is 0 Å². The van der Waals surface area contributed by atoms with E-state index in [1.807, 2.05) is 0 Å². The minimum atomic E-state index is -1.33. The average Bonchev–Trinajstić information content (AvgIpc) is 3.03.